The molecule has 1 aromatic carbocycles. The highest BCUT2D eigenvalue weighted by molar-refractivity contribution is 6.31. The van der Waals surface area contributed by atoms with E-state index < -0.39 is 0 Å². The summed E-state index contributed by atoms with van der Waals surface area (Å²) in [6.07, 6.45) is 4.94. The Balaban J connectivity index is 1.87. The molecule has 2 heterocycles. The molecule has 0 spiro atoms. The predicted octanol–water partition coefficient (Wildman–Crippen LogP) is 4.92. The Morgan fingerprint density at radius 1 is 1.38 bits per heavy atom. The molecule has 1 unspecified atom stereocenters. The highest BCUT2D eigenvalue weighted by atomic mass is 35.5. The van der Waals surface area contributed by atoms with Gasteiger partial charge in [0.05, 0.1) is 23.1 Å². The zero-order chi connectivity index (χ0) is 17.3. The Kier molecular flexibility index (Phi) is 4.41. The van der Waals surface area contributed by atoms with Crippen LogP contribution in [0, 0.1) is 0 Å². The van der Waals surface area contributed by atoms with Crippen LogP contribution in [0.1, 0.15) is 38.4 Å². The third kappa shape index (κ3) is 3.06. The van der Waals surface area contributed by atoms with Crippen molar-refractivity contribution in [3.8, 4) is 0 Å². The number of nitrogens with one attached hydrogen (secondary N) is 2. The molecule has 0 saturated carbocycles. The summed E-state index contributed by atoms with van der Waals surface area (Å²) in [5.74, 6) is 0. The maximum atomic E-state index is 6.07. The minimum absolute atomic E-state index is 0.223. The smallest absolute Gasteiger partial charge is 0.0625 e. The predicted molar refractivity (Wildman–Crippen MR) is 101 cm³/mol. The molecule has 0 radical (unpaired) electrons. The van der Waals surface area contributed by atoms with E-state index in [1.807, 2.05) is 29.1 Å². The molecule has 0 bridgehead atoms. The Bertz CT molecular complexity index is 877. The van der Waals surface area contributed by atoms with E-state index in [4.69, 9.17) is 11.6 Å². The van der Waals surface area contributed by atoms with Crippen LogP contribution in [0.5, 0.6) is 0 Å². The van der Waals surface area contributed by atoms with Crippen LogP contribution in [-0.2, 0) is 12.1 Å². The number of aromatic nitrogens is 3. The van der Waals surface area contributed by atoms with Gasteiger partial charge in [0.25, 0.3) is 0 Å². The van der Waals surface area contributed by atoms with Gasteiger partial charge >= 0.3 is 0 Å². The molecule has 126 valence electrons. The van der Waals surface area contributed by atoms with Gasteiger partial charge in [-0.1, -0.05) is 25.1 Å². The molecule has 0 saturated heterocycles. The molecular weight excluding hydrogens is 320 g/mol. The molecule has 1 atom stereocenters. The van der Waals surface area contributed by atoms with Crippen molar-refractivity contribution < 1.29 is 0 Å². The molecule has 0 fully saturated rings. The second-order valence-corrected chi connectivity index (χ2v) is 6.72. The largest absolute Gasteiger partial charge is 0.375 e. The Morgan fingerprint density at radius 3 is 2.83 bits per heavy atom. The van der Waals surface area contributed by atoms with Crippen molar-refractivity contribution in [2.75, 3.05) is 0 Å². The lowest BCUT2D eigenvalue weighted by molar-refractivity contribution is 0.411. The van der Waals surface area contributed by atoms with E-state index in [2.05, 4.69) is 55.0 Å². The fraction of sp³-hybridized carbons (Fsp3) is 0.316. The van der Waals surface area contributed by atoms with Gasteiger partial charge in [0, 0.05) is 34.2 Å². The van der Waals surface area contributed by atoms with Crippen molar-refractivity contribution in [1.29, 1.82) is 0 Å². The van der Waals surface area contributed by atoms with Gasteiger partial charge in [-0.2, -0.15) is 5.10 Å². The standard InChI is InChI=1S/C19H23ClN4/c1-5-19(4,15-11-21-24(6-2)12-15)23-13(3)18-10-14-9-16(20)7-8-17(14)22-18/h7-12,22-23H,3,5-6H2,1-2,4H3. The van der Waals surface area contributed by atoms with Crippen LogP contribution in [0.15, 0.2) is 43.2 Å². The van der Waals surface area contributed by atoms with Crippen molar-refractivity contribution in [2.45, 2.75) is 39.3 Å². The first-order valence-electron chi connectivity index (χ1n) is 8.24. The SMILES string of the molecule is C=C(NC(C)(CC)c1cnn(CC)c1)c1cc2cc(Cl)ccc2[nH]1. The second-order valence-electron chi connectivity index (χ2n) is 6.29. The number of aryl methyl sites for hydroxylation is 1. The second kappa shape index (κ2) is 6.36. The Morgan fingerprint density at radius 2 is 2.17 bits per heavy atom. The van der Waals surface area contributed by atoms with Crippen molar-refractivity contribution in [3.63, 3.8) is 0 Å². The monoisotopic (exact) mass is 342 g/mol. The van der Waals surface area contributed by atoms with Crippen LogP contribution in [0.25, 0.3) is 16.6 Å². The number of hydrogen-bond donors (Lipinski definition) is 2. The number of nitrogens with zero attached hydrogens (tertiary/aromatic N) is 2. The highest BCUT2D eigenvalue weighted by Gasteiger charge is 2.27. The Hall–Kier alpha value is -2.20. The molecule has 24 heavy (non-hydrogen) atoms. The molecular formula is C19H23ClN4. The first-order chi connectivity index (χ1) is 11.4. The molecule has 0 aliphatic rings. The third-order valence-electron chi connectivity index (χ3n) is 4.64. The van der Waals surface area contributed by atoms with E-state index in [0.717, 1.165) is 45.8 Å². The average Bonchev–Trinajstić information content (AvgIpc) is 3.21. The lowest BCUT2D eigenvalue weighted by Gasteiger charge is -2.30. The summed E-state index contributed by atoms with van der Waals surface area (Å²) in [6, 6.07) is 7.89. The number of fused-ring (bicyclic) bond motifs is 1. The van der Waals surface area contributed by atoms with E-state index in [-0.39, 0.29) is 5.54 Å². The topological polar surface area (TPSA) is 45.6 Å². The van der Waals surface area contributed by atoms with Gasteiger partial charge < -0.3 is 10.3 Å². The van der Waals surface area contributed by atoms with Gasteiger partial charge in [0.15, 0.2) is 0 Å². The van der Waals surface area contributed by atoms with Crippen LogP contribution < -0.4 is 5.32 Å². The third-order valence-corrected chi connectivity index (χ3v) is 4.87. The maximum absolute atomic E-state index is 6.07. The summed E-state index contributed by atoms with van der Waals surface area (Å²) in [5.41, 5.74) is 3.81. The highest BCUT2D eigenvalue weighted by Crippen LogP contribution is 2.29. The van der Waals surface area contributed by atoms with E-state index >= 15 is 0 Å². The summed E-state index contributed by atoms with van der Waals surface area (Å²) in [5, 5.41) is 9.79. The quantitative estimate of drug-likeness (QED) is 0.667. The van der Waals surface area contributed by atoms with Crippen molar-refractivity contribution in [1.82, 2.24) is 20.1 Å². The lowest BCUT2D eigenvalue weighted by Crippen LogP contribution is -2.37. The first-order valence-corrected chi connectivity index (χ1v) is 8.61. The number of aromatic amines is 1. The summed E-state index contributed by atoms with van der Waals surface area (Å²) in [7, 11) is 0. The van der Waals surface area contributed by atoms with Crippen LogP contribution in [0.4, 0.5) is 0 Å². The van der Waals surface area contributed by atoms with Crippen LogP contribution in [0.3, 0.4) is 0 Å². The van der Waals surface area contributed by atoms with Crippen LogP contribution in [-0.4, -0.2) is 14.8 Å². The van der Waals surface area contributed by atoms with Crippen molar-refractivity contribution >= 4 is 28.2 Å². The number of H-pyrrole nitrogens is 1. The minimum atomic E-state index is -0.223. The zero-order valence-electron chi connectivity index (χ0n) is 14.4. The minimum Gasteiger partial charge on any atom is -0.375 e. The Labute approximate surface area is 147 Å². The van der Waals surface area contributed by atoms with E-state index in [1.54, 1.807) is 0 Å². The van der Waals surface area contributed by atoms with Gasteiger partial charge in [0.2, 0.25) is 0 Å². The van der Waals surface area contributed by atoms with Crippen molar-refractivity contribution in [3.05, 3.63) is 59.5 Å². The van der Waals surface area contributed by atoms with Crippen molar-refractivity contribution in [2.24, 2.45) is 0 Å². The average molecular weight is 343 g/mol. The number of rotatable bonds is 6. The van der Waals surface area contributed by atoms with Crippen LogP contribution >= 0.6 is 11.6 Å². The fourth-order valence-electron chi connectivity index (χ4n) is 2.85. The zero-order valence-corrected chi connectivity index (χ0v) is 15.1. The van der Waals surface area contributed by atoms with Gasteiger partial charge in [-0.3, -0.25) is 4.68 Å². The van der Waals surface area contributed by atoms with E-state index in [0.29, 0.717) is 0 Å². The number of benzene rings is 1. The van der Waals surface area contributed by atoms with E-state index in [9.17, 15) is 0 Å². The number of hydrogen-bond acceptors (Lipinski definition) is 2. The lowest BCUT2D eigenvalue weighted by atomic mass is 9.91. The molecule has 0 amide bonds. The molecule has 3 aromatic rings. The fourth-order valence-corrected chi connectivity index (χ4v) is 3.03. The van der Waals surface area contributed by atoms with Gasteiger partial charge in [-0.25, -0.2) is 0 Å². The van der Waals surface area contributed by atoms with Gasteiger partial charge in [-0.15, -0.1) is 0 Å². The molecule has 5 heteroatoms. The van der Waals surface area contributed by atoms with Crippen LogP contribution in [0.2, 0.25) is 5.02 Å². The maximum Gasteiger partial charge on any atom is 0.0625 e. The first kappa shape index (κ1) is 16.7. The number of halogens is 1. The molecule has 3 rings (SSSR count). The molecule has 0 aliphatic heterocycles. The molecule has 4 nitrogen and oxygen atoms in total. The summed E-state index contributed by atoms with van der Waals surface area (Å²) in [6.45, 7) is 11.5. The molecule has 2 N–H and O–H groups in total. The molecule has 0 aliphatic carbocycles. The van der Waals surface area contributed by atoms with E-state index in [1.165, 1.54) is 0 Å². The summed E-state index contributed by atoms with van der Waals surface area (Å²) in [4.78, 5) is 3.40. The summed E-state index contributed by atoms with van der Waals surface area (Å²) < 4.78 is 1.94. The summed E-state index contributed by atoms with van der Waals surface area (Å²) >= 11 is 6.07. The molecule has 2 aromatic heterocycles. The van der Waals surface area contributed by atoms with Gasteiger partial charge in [-0.05, 0) is 44.5 Å². The van der Waals surface area contributed by atoms with Gasteiger partial charge in [0.1, 0.15) is 0 Å². The normalized spacial score (nSPS) is 13.8.